The van der Waals surface area contributed by atoms with Crippen LogP contribution in [-0.2, 0) is 13.5 Å². The molecule has 0 aliphatic carbocycles. The second-order valence-electron chi connectivity index (χ2n) is 6.79. The smallest absolute Gasteiger partial charge is 0.406 e. The number of guanidine groups is 1. The molecular formula is C19H25F3IN5O. The molecule has 0 amide bonds. The fraction of sp³-hybridized carbons (Fsp3) is 0.474. The van der Waals surface area contributed by atoms with Crippen molar-refractivity contribution in [3.05, 3.63) is 47.8 Å². The van der Waals surface area contributed by atoms with Crippen molar-refractivity contribution in [1.29, 1.82) is 0 Å². The Morgan fingerprint density at radius 3 is 2.62 bits per heavy atom. The lowest BCUT2D eigenvalue weighted by atomic mass is 10.0. The number of nitrogens with one attached hydrogen (secondary N) is 1. The molecule has 1 aliphatic heterocycles. The zero-order valence-electron chi connectivity index (χ0n) is 16.3. The summed E-state index contributed by atoms with van der Waals surface area (Å²) in [7, 11) is 3.67. The van der Waals surface area contributed by atoms with E-state index in [2.05, 4.69) is 31.2 Å². The Hall–Kier alpha value is -1.98. The number of rotatable bonds is 5. The van der Waals surface area contributed by atoms with Crippen LogP contribution in [-0.4, -0.2) is 53.7 Å². The molecule has 1 unspecified atom stereocenters. The number of hydrogen-bond acceptors (Lipinski definition) is 3. The molecule has 3 rings (SSSR count). The van der Waals surface area contributed by atoms with Gasteiger partial charge < -0.3 is 15.0 Å². The van der Waals surface area contributed by atoms with Crippen LogP contribution in [0.2, 0.25) is 0 Å². The van der Waals surface area contributed by atoms with Crippen molar-refractivity contribution in [2.24, 2.45) is 12.0 Å². The molecule has 0 radical (unpaired) electrons. The lowest BCUT2D eigenvalue weighted by Crippen LogP contribution is -2.40. The largest absolute Gasteiger partial charge is 0.573 e. The van der Waals surface area contributed by atoms with Crippen molar-refractivity contribution in [2.75, 3.05) is 26.7 Å². The van der Waals surface area contributed by atoms with E-state index in [1.165, 1.54) is 17.7 Å². The lowest BCUT2D eigenvalue weighted by Gasteiger charge is -2.21. The number of hydrogen-bond donors (Lipinski definition) is 1. The molecule has 1 atom stereocenters. The number of alkyl halides is 3. The second kappa shape index (κ2) is 10.2. The molecule has 1 N–H and O–H groups in total. The van der Waals surface area contributed by atoms with Gasteiger partial charge in [-0.2, -0.15) is 5.10 Å². The number of aliphatic imine (C=N–C) groups is 1. The first kappa shape index (κ1) is 23.3. The summed E-state index contributed by atoms with van der Waals surface area (Å²) in [6, 6.07) is 5.94. The number of aromatic nitrogens is 2. The molecule has 1 fully saturated rings. The molecule has 10 heteroatoms. The van der Waals surface area contributed by atoms with Crippen LogP contribution < -0.4 is 10.1 Å². The van der Waals surface area contributed by atoms with Crippen LogP contribution in [0.15, 0.2) is 41.7 Å². The van der Waals surface area contributed by atoms with E-state index in [0.717, 1.165) is 31.0 Å². The normalized spacial score (nSPS) is 17.2. The highest BCUT2D eigenvalue weighted by molar-refractivity contribution is 14.0. The summed E-state index contributed by atoms with van der Waals surface area (Å²) in [5.41, 5.74) is 2.16. The van der Waals surface area contributed by atoms with Crippen LogP contribution in [0.5, 0.6) is 5.75 Å². The van der Waals surface area contributed by atoms with Crippen LogP contribution >= 0.6 is 24.0 Å². The summed E-state index contributed by atoms with van der Waals surface area (Å²) in [6.07, 6.45) is 1.02. The Balaban J connectivity index is 0.00000300. The van der Waals surface area contributed by atoms with Gasteiger partial charge in [-0.05, 0) is 36.1 Å². The van der Waals surface area contributed by atoms with Crippen molar-refractivity contribution < 1.29 is 17.9 Å². The number of likely N-dealkylation sites (tertiary alicyclic amines) is 1. The van der Waals surface area contributed by atoms with Crippen molar-refractivity contribution in [3.63, 3.8) is 0 Å². The summed E-state index contributed by atoms with van der Waals surface area (Å²) < 4.78 is 42.3. The van der Waals surface area contributed by atoms with Gasteiger partial charge in [0.2, 0.25) is 0 Å². The number of ether oxygens (including phenoxy) is 1. The molecule has 0 saturated carbocycles. The molecule has 1 saturated heterocycles. The Labute approximate surface area is 185 Å². The number of aryl methyl sites for hydroxylation is 1. The molecular weight excluding hydrogens is 498 g/mol. The maximum Gasteiger partial charge on any atom is 0.573 e. The molecule has 29 heavy (non-hydrogen) atoms. The predicted molar refractivity (Wildman–Crippen MR) is 116 cm³/mol. The zero-order valence-corrected chi connectivity index (χ0v) is 18.6. The molecule has 1 aromatic heterocycles. The fourth-order valence-electron chi connectivity index (χ4n) is 3.38. The summed E-state index contributed by atoms with van der Waals surface area (Å²) in [5, 5.41) is 7.57. The molecule has 0 bridgehead atoms. The quantitative estimate of drug-likeness (QED) is 0.370. The monoisotopic (exact) mass is 523 g/mol. The van der Waals surface area contributed by atoms with E-state index in [4.69, 9.17) is 0 Å². The van der Waals surface area contributed by atoms with E-state index in [9.17, 15) is 13.2 Å². The van der Waals surface area contributed by atoms with Gasteiger partial charge in [0.1, 0.15) is 5.75 Å². The van der Waals surface area contributed by atoms with Crippen molar-refractivity contribution in [2.45, 2.75) is 25.1 Å². The van der Waals surface area contributed by atoms with E-state index in [1.807, 2.05) is 17.9 Å². The van der Waals surface area contributed by atoms with Gasteiger partial charge in [0.05, 0.1) is 6.20 Å². The van der Waals surface area contributed by atoms with E-state index in [-0.39, 0.29) is 29.7 Å². The van der Waals surface area contributed by atoms with Crippen LogP contribution in [0.4, 0.5) is 13.2 Å². The van der Waals surface area contributed by atoms with Crippen LogP contribution in [0.25, 0.3) is 0 Å². The van der Waals surface area contributed by atoms with Gasteiger partial charge in [-0.1, -0.05) is 12.1 Å². The molecule has 2 aromatic rings. The molecule has 0 spiro atoms. The summed E-state index contributed by atoms with van der Waals surface area (Å²) >= 11 is 0. The second-order valence-corrected chi connectivity index (χ2v) is 6.79. The van der Waals surface area contributed by atoms with Gasteiger partial charge in [0, 0.05) is 45.8 Å². The molecule has 160 valence electrons. The SMILES string of the molecule is CN=C(NCCc1ccc(OC(F)(F)F)cc1)N1CCC(c2cnn(C)c2)C1.I. The van der Waals surface area contributed by atoms with E-state index >= 15 is 0 Å². The van der Waals surface area contributed by atoms with Gasteiger partial charge in [0.25, 0.3) is 0 Å². The Bertz CT molecular complexity index is 807. The maximum atomic E-state index is 12.2. The van der Waals surface area contributed by atoms with Gasteiger partial charge in [-0.15, -0.1) is 37.1 Å². The third-order valence-corrected chi connectivity index (χ3v) is 4.75. The van der Waals surface area contributed by atoms with Gasteiger partial charge in [-0.25, -0.2) is 0 Å². The first-order chi connectivity index (χ1) is 13.3. The van der Waals surface area contributed by atoms with Gasteiger partial charge >= 0.3 is 6.36 Å². The van der Waals surface area contributed by atoms with E-state index in [1.54, 1.807) is 19.2 Å². The average molecular weight is 523 g/mol. The molecule has 1 aliphatic rings. The minimum absolute atomic E-state index is 0. The molecule has 6 nitrogen and oxygen atoms in total. The third kappa shape index (κ3) is 6.79. The van der Waals surface area contributed by atoms with Gasteiger partial charge in [-0.3, -0.25) is 9.67 Å². The molecule has 1 aromatic carbocycles. The van der Waals surface area contributed by atoms with E-state index in [0.29, 0.717) is 18.9 Å². The average Bonchev–Trinajstić information content (AvgIpc) is 3.28. The highest BCUT2D eigenvalue weighted by Gasteiger charge is 2.31. The Morgan fingerprint density at radius 2 is 2.03 bits per heavy atom. The van der Waals surface area contributed by atoms with Crippen molar-refractivity contribution >= 4 is 29.9 Å². The number of benzene rings is 1. The Kier molecular flexibility index (Phi) is 8.17. The Morgan fingerprint density at radius 1 is 1.31 bits per heavy atom. The van der Waals surface area contributed by atoms with E-state index < -0.39 is 6.36 Å². The first-order valence-electron chi connectivity index (χ1n) is 9.13. The zero-order chi connectivity index (χ0) is 20.1. The molecule has 2 heterocycles. The first-order valence-corrected chi connectivity index (χ1v) is 9.13. The van der Waals surface area contributed by atoms with Crippen molar-refractivity contribution in [3.8, 4) is 5.75 Å². The van der Waals surface area contributed by atoms with Crippen LogP contribution in [0.3, 0.4) is 0 Å². The minimum atomic E-state index is -4.67. The lowest BCUT2D eigenvalue weighted by molar-refractivity contribution is -0.274. The predicted octanol–water partition coefficient (Wildman–Crippen LogP) is 3.54. The summed E-state index contributed by atoms with van der Waals surface area (Å²) in [6.45, 7) is 2.44. The van der Waals surface area contributed by atoms with Gasteiger partial charge in [0.15, 0.2) is 5.96 Å². The number of nitrogens with zero attached hydrogens (tertiary/aromatic N) is 4. The summed E-state index contributed by atoms with van der Waals surface area (Å²) in [5.74, 6) is 1.07. The van der Waals surface area contributed by atoms with Crippen LogP contribution in [0.1, 0.15) is 23.5 Å². The minimum Gasteiger partial charge on any atom is -0.406 e. The fourth-order valence-corrected chi connectivity index (χ4v) is 3.38. The maximum absolute atomic E-state index is 12.2. The number of halogens is 4. The third-order valence-electron chi connectivity index (χ3n) is 4.75. The summed E-state index contributed by atoms with van der Waals surface area (Å²) in [4.78, 5) is 6.57. The highest BCUT2D eigenvalue weighted by Crippen LogP contribution is 2.26. The topological polar surface area (TPSA) is 54.7 Å². The van der Waals surface area contributed by atoms with Crippen LogP contribution in [0, 0.1) is 0 Å². The highest BCUT2D eigenvalue weighted by atomic mass is 127. The standard InChI is InChI=1S/C19H24F3N5O.HI/c1-23-18(27-10-8-15(13-27)16-11-25-26(2)12-16)24-9-7-14-3-5-17(6-4-14)28-19(20,21)22;/h3-6,11-12,15H,7-10,13H2,1-2H3,(H,23,24);1H. The van der Waals surface area contributed by atoms with Crippen molar-refractivity contribution in [1.82, 2.24) is 20.0 Å².